The first kappa shape index (κ1) is 19.0. The molecule has 25 heavy (non-hydrogen) atoms. The molecule has 1 amide bonds. The van der Waals surface area contributed by atoms with Crippen LogP contribution in [0.1, 0.15) is 29.8 Å². The van der Waals surface area contributed by atoms with Crippen molar-refractivity contribution >= 4 is 17.7 Å². The quantitative estimate of drug-likeness (QED) is 0.725. The van der Waals surface area contributed by atoms with Gasteiger partial charge in [0.15, 0.2) is 0 Å². The van der Waals surface area contributed by atoms with E-state index in [1.807, 2.05) is 36.4 Å². The SMILES string of the molecule is CC(C)COCCNC(=O)c1ccccc1Sc1ccccc1C#N. The molecule has 0 radical (unpaired) electrons. The van der Waals surface area contributed by atoms with Crippen molar-refractivity contribution < 1.29 is 9.53 Å². The van der Waals surface area contributed by atoms with Crippen LogP contribution in [-0.2, 0) is 4.74 Å². The summed E-state index contributed by atoms with van der Waals surface area (Å²) in [6, 6.07) is 17.0. The average Bonchev–Trinajstić information content (AvgIpc) is 2.62. The molecule has 0 heterocycles. The van der Waals surface area contributed by atoms with Crippen molar-refractivity contribution in [2.75, 3.05) is 19.8 Å². The molecule has 0 aliphatic carbocycles. The molecular formula is C20H22N2O2S. The van der Waals surface area contributed by atoms with Gasteiger partial charge in [-0.15, -0.1) is 0 Å². The van der Waals surface area contributed by atoms with Crippen molar-refractivity contribution in [2.24, 2.45) is 5.92 Å². The Morgan fingerprint density at radius 3 is 2.56 bits per heavy atom. The van der Waals surface area contributed by atoms with Crippen LogP contribution in [0.3, 0.4) is 0 Å². The molecule has 0 aromatic heterocycles. The maximum absolute atomic E-state index is 12.5. The molecule has 0 saturated heterocycles. The second kappa shape index (κ2) is 9.87. The summed E-state index contributed by atoms with van der Waals surface area (Å²) in [5, 5.41) is 12.1. The van der Waals surface area contributed by atoms with Gasteiger partial charge in [-0.1, -0.05) is 49.9 Å². The summed E-state index contributed by atoms with van der Waals surface area (Å²) in [4.78, 5) is 14.1. The molecule has 5 heteroatoms. The Balaban J connectivity index is 2.02. The van der Waals surface area contributed by atoms with Gasteiger partial charge in [-0.3, -0.25) is 4.79 Å². The third-order valence-corrected chi connectivity index (χ3v) is 4.49. The monoisotopic (exact) mass is 354 g/mol. The van der Waals surface area contributed by atoms with E-state index in [9.17, 15) is 10.1 Å². The van der Waals surface area contributed by atoms with Gasteiger partial charge in [0.05, 0.1) is 17.7 Å². The fourth-order valence-corrected chi connectivity index (χ4v) is 3.19. The zero-order chi connectivity index (χ0) is 18.1. The van der Waals surface area contributed by atoms with E-state index in [1.165, 1.54) is 11.8 Å². The topological polar surface area (TPSA) is 62.1 Å². The van der Waals surface area contributed by atoms with Gasteiger partial charge in [0, 0.05) is 22.9 Å². The number of rotatable bonds is 8. The van der Waals surface area contributed by atoms with Crippen LogP contribution in [-0.4, -0.2) is 25.7 Å². The van der Waals surface area contributed by atoms with E-state index in [0.29, 0.717) is 36.8 Å². The number of carbonyl (C=O) groups excluding carboxylic acids is 1. The van der Waals surface area contributed by atoms with Crippen LogP contribution in [0.15, 0.2) is 58.3 Å². The molecule has 0 aliphatic heterocycles. The normalized spacial score (nSPS) is 10.5. The summed E-state index contributed by atoms with van der Waals surface area (Å²) < 4.78 is 5.48. The zero-order valence-electron chi connectivity index (χ0n) is 14.5. The Bertz CT molecular complexity index is 753. The molecule has 2 rings (SSSR count). The smallest absolute Gasteiger partial charge is 0.252 e. The minimum absolute atomic E-state index is 0.134. The fraction of sp³-hybridized carbons (Fsp3) is 0.300. The van der Waals surface area contributed by atoms with E-state index < -0.39 is 0 Å². The number of hydrogen-bond acceptors (Lipinski definition) is 4. The molecular weight excluding hydrogens is 332 g/mol. The summed E-state index contributed by atoms with van der Waals surface area (Å²) in [6.45, 7) is 5.83. The van der Waals surface area contributed by atoms with Gasteiger partial charge >= 0.3 is 0 Å². The van der Waals surface area contributed by atoms with Crippen molar-refractivity contribution in [3.8, 4) is 6.07 Å². The Kier molecular flexibility index (Phi) is 7.52. The fourth-order valence-electron chi connectivity index (χ4n) is 2.16. The van der Waals surface area contributed by atoms with Crippen LogP contribution in [0, 0.1) is 17.2 Å². The molecule has 2 aromatic carbocycles. The van der Waals surface area contributed by atoms with E-state index in [0.717, 1.165) is 9.79 Å². The van der Waals surface area contributed by atoms with Gasteiger partial charge in [-0.2, -0.15) is 5.26 Å². The molecule has 1 N–H and O–H groups in total. The summed E-state index contributed by atoms with van der Waals surface area (Å²) >= 11 is 1.43. The Hall–Kier alpha value is -2.29. The van der Waals surface area contributed by atoms with E-state index in [1.54, 1.807) is 12.1 Å². The van der Waals surface area contributed by atoms with Crippen LogP contribution in [0.25, 0.3) is 0 Å². The maximum Gasteiger partial charge on any atom is 0.252 e. The molecule has 0 atom stereocenters. The zero-order valence-corrected chi connectivity index (χ0v) is 15.3. The summed E-state index contributed by atoms with van der Waals surface area (Å²) in [6.07, 6.45) is 0. The summed E-state index contributed by atoms with van der Waals surface area (Å²) in [5.74, 6) is 0.346. The Morgan fingerprint density at radius 1 is 1.16 bits per heavy atom. The number of ether oxygens (including phenoxy) is 1. The van der Waals surface area contributed by atoms with Crippen LogP contribution in [0.4, 0.5) is 0 Å². The number of nitrogens with zero attached hydrogens (tertiary/aromatic N) is 1. The first-order chi connectivity index (χ1) is 12.1. The minimum Gasteiger partial charge on any atom is -0.379 e. The predicted octanol–water partition coefficient (Wildman–Crippen LogP) is 4.11. The molecule has 0 aliphatic rings. The van der Waals surface area contributed by atoms with Crippen molar-refractivity contribution in [3.05, 3.63) is 59.7 Å². The lowest BCUT2D eigenvalue weighted by Gasteiger charge is -2.11. The number of amides is 1. The van der Waals surface area contributed by atoms with Gasteiger partial charge in [-0.05, 0) is 30.2 Å². The Morgan fingerprint density at radius 2 is 1.84 bits per heavy atom. The number of carbonyl (C=O) groups is 1. The first-order valence-corrected chi connectivity index (χ1v) is 9.05. The second-order valence-corrected chi connectivity index (χ2v) is 7.01. The molecule has 0 saturated carbocycles. The van der Waals surface area contributed by atoms with Gasteiger partial charge in [-0.25, -0.2) is 0 Å². The lowest BCUT2D eigenvalue weighted by atomic mass is 10.2. The van der Waals surface area contributed by atoms with Gasteiger partial charge < -0.3 is 10.1 Å². The predicted molar refractivity (Wildman–Crippen MR) is 99.7 cm³/mol. The van der Waals surface area contributed by atoms with E-state index in [2.05, 4.69) is 25.2 Å². The van der Waals surface area contributed by atoms with Gasteiger partial charge in [0.1, 0.15) is 6.07 Å². The highest BCUT2D eigenvalue weighted by Gasteiger charge is 2.13. The van der Waals surface area contributed by atoms with Crippen LogP contribution >= 0.6 is 11.8 Å². The molecule has 0 bridgehead atoms. The number of benzene rings is 2. The largest absolute Gasteiger partial charge is 0.379 e. The minimum atomic E-state index is -0.134. The molecule has 0 spiro atoms. The van der Waals surface area contributed by atoms with Crippen molar-refractivity contribution in [2.45, 2.75) is 23.6 Å². The van der Waals surface area contributed by atoms with Crippen molar-refractivity contribution in [1.29, 1.82) is 5.26 Å². The van der Waals surface area contributed by atoms with Crippen molar-refractivity contribution in [1.82, 2.24) is 5.32 Å². The Labute approximate surface area is 153 Å². The summed E-state index contributed by atoms with van der Waals surface area (Å²) in [7, 11) is 0. The van der Waals surface area contributed by atoms with Crippen LogP contribution in [0.2, 0.25) is 0 Å². The van der Waals surface area contributed by atoms with Gasteiger partial charge in [0.25, 0.3) is 5.91 Å². The first-order valence-electron chi connectivity index (χ1n) is 8.23. The average molecular weight is 354 g/mol. The van der Waals surface area contributed by atoms with Crippen molar-refractivity contribution in [3.63, 3.8) is 0 Å². The molecule has 2 aromatic rings. The van der Waals surface area contributed by atoms with E-state index >= 15 is 0 Å². The highest BCUT2D eigenvalue weighted by Crippen LogP contribution is 2.32. The summed E-state index contributed by atoms with van der Waals surface area (Å²) in [5.41, 5.74) is 1.20. The number of nitriles is 1. The number of nitrogens with one attached hydrogen (secondary N) is 1. The molecule has 0 fully saturated rings. The van der Waals surface area contributed by atoms with Crippen LogP contribution in [0.5, 0.6) is 0 Å². The molecule has 130 valence electrons. The van der Waals surface area contributed by atoms with E-state index in [-0.39, 0.29) is 5.91 Å². The lowest BCUT2D eigenvalue weighted by Crippen LogP contribution is -2.28. The molecule has 0 unspecified atom stereocenters. The second-order valence-electron chi connectivity index (χ2n) is 5.93. The number of hydrogen-bond donors (Lipinski definition) is 1. The standard InChI is InChI=1S/C20H22N2O2S/c1-15(2)14-24-12-11-22-20(23)17-8-4-6-10-19(17)25-18-9-5-3-7-16(18)13-21/h3-10,15H,11-12,14H2,1-2H3,(H,22,23). The highest BCUT2D eigenvalue weighted by atomic mass is 32.2. The van der Waals surface area contributed by atoms with E-state index in [4.69, 9.17) is 4.74 Å². The third kappa shape index (κ3) is 5.93. The van der Waals surface area contributed by atoms with Crippen LogP contribution < -0.4 is 5.32 Å². The van der Waals surface area contributed by atoms with Gasteiger partial charge in [0.2, 0.25) is 0 Å². The lowest BCUT2D eigenvalue weighted by molar-refractivity contribution is 0.0884. The maximum atomic E-state index is 12.5. The third-order valence-electron chi connectivity index (χ3n) is 3.34. The highest BCUT2D eigenvalue weighted by molar-refractivity contribution is 7.99. The molecule has 4 nitrogen and oxygen atoms in total.